The molecular formula is C15H21ClN2O3. The molecule has 0 fully saturated rings. The topological polar surface area (TPSA) is 81.0 Å². The van der Waals surface area contributed by atoms with Gasteiger partial charge in [0.2, 0.25) is 0 Å². The summed E-state index contributed by atoms with van der Waals surface area (Å²) >= 11 is 0. The van der Waals surface area contributed by atoms with Gasteiger partial charge in [-0.15, -0.1) is 12.4 Å². The maximum Gasteiger partial charge on any atom is 0.182 e. The van der Waals surface area contributed by atoms with Crippen molar-refractivity contribution in [1.29, 1.82) is 0 Å². The molecule has 21 heavy (non-hydrogen) atoms. The molecule has 0 spiro atoms. The molecule has 0 aliphatic rings. The fourth-order valence-corrected chi connectivity index (χ4v) is 1.95. The van der Waals surface area contributed by atoms with Crippen molar-refractivity contribution in [3.05, 3.63) is 30.0 Å². The number of amidine groups is 1. The van der Waals surface area contributed by atoms with E-state index in [4.69, 9.17) is 20.1 Å². The Kier molecular flexibility index (Phi) is 5.12. The lowest BCUT2D eigenvalue weighted by molar-refractivity contribution is 0.170. The Hall–Kier alpha value is -1.88. The number of furan rings is 1. The second-order valence-electron chi connectivity index (χ2n) is 5.54. The van der Waals surface area contributed by atoms with Crippen molar-refractivity contribution in [3.8, 4) is 5.75 Å². The van der Waals surface area contributed by atoms with Gasteiger partial charge in [0.25, 0.3) is 0 Å². The van der Waals surface area contributed by atoms with Crippen molar-refractivity contribution >= 4 is 29.2 Å². The number of hydrogen-bond acceptors (Lipinski definition) is 4. The summed E-state index contributed by atoms with van der Waals surface area (Å²) in [5.74, 6) is 1.58. The van der Waals surface area contributed by atoms with E-state index in [2.05, 4.69) is 5.16 Å². The lowest BCUT2D eigenvalue weighted by atomic mass is 10.1. The molecule has 0 aliphatic heterocycles. The third kappa shape index (κ3) is 3.24. The summed E-state index contributed by atoms with van der Waals surface area (Å²) in [4.78, 5) is 0. The van der Waals surface area contributed by atoms with Crippen LogP contribution in [0.2, 0.25) is 0 Å². The van der Waals surface area contributed by atoms with E-state index in [1.165, 1.54) is 0 Å². The van der Waals surface area contributed by atoms with Crippen LogP contribution in [0.1, 0.15) is 39.4 Å². The number of nitrogens with zero attached hydrogens (tertiary/aromatic N) is 1. The van der Waals surface area contributed by atoms with Crippen LogP contribution < -0.4 is 10.5 Å². The van der Waals surface area contributed by atoms with Gasteiger partial charge in [0.1, 0.15) is 11.3 Å². The Balaban J connectivity index is 0.00000220. The fraction of sp³-hybridized carbons (Fsp3) is 0.400. The first-order valence-electron chi connectivity index (χ1n) is 6.55. The molecule has 0 aliphatic carbocycles. The van der Waals surface area contributed by atoms with Gasteiger partial charge in [-0.25, -0.2) is 0 Å². The first-order chi connectivity index (χ1) is 9.36. The van der Waals surface area contributed by atoms with Gasteiger partial charge in [0, 0.05) is 5.92 Å². The van der Waals surface area contributed by atoms with E-state index < -0.39 is 5.60 Å². The van der Waals surface area contributed by atoms with Crippen LogP contribution in [0, 0.1) is 0 Å². The highest BCUT2D eigenvalue weighted by atomic mass is 35.5. The van der Waals surface area contributed by atoms with Crippen molar-refractivity contribution in [3.63, 3.8) is 0 Å². The number of halogens is 1. The highest BCUT2D eigenvalue weighted by Gasteiger charge is 2.30. The number of ether oxygens (including phenoxy) is 1. The number of fused-ring (bicyclic) bond motifs is 1. The average molecular weight is 313 g/mol. The Morgan fingerprint density at radius 1 is 1.33 bits per heavy atom. The van der Waals surface area contributed by atoms with Gasteiger partial charge in [-0.05, 0) is 26.0 Å². The van der Waals surface area contributed by atoms with Gasteiger partial charge < -0.3 is 20.1 Å². The molecule has 2 aromatic rings. The molecule has 3 N–H and O–H groups in total. The molecule has 5 nitrogen and oxygen atoms in total. The van der Waals surface area contributed by atoms with Gasteiger partial charge in [0.15, 0.2) is 17.2 Å². The summed E-state index contributed by atoms with van der Waals surface area (Å²) in [5, 5.41) is 12.8. The van der Waals surface area contributed by atoms with Gasteiger partial charge in [0.05, 0.1) is 5.39 Å². The zero-order valence-corrected chi connectivity index (χ0v) is 13.4. The van der Waals surface area contributed by atoms with Crippen LogP contribution in [0.4, 0.5) is 0 Å². The second kappa shape index (κ2) is 6.26. The maximum absolute atomic E-state index is 8.85. The highest BCUT2D eigenvalue weighted by molar-refractivity contribution is 5.90. The molecular weight excluding hydrogens is 292 g/mol. The van der Waals surface area contributed by atoms with Crippen LogP contribution >= 0.6 is 12.4 Å². The summed E-state index contributed by atoms with van der Waals surface area (Å²) in [6.07, 6.45) is 0. The third-order valence-corrected chi connectivity index (χ3v) is 3.18. The Morgan fingerprint density at radius 3 is 2.52 bits per heavy atom. The average Bonchev–Trinajstić information content (AvgIpc) is 2.76. The first kappa shape index (κ1) is 17.2. The summed E-state index contributed by atoms with van der Waals surface area (Å²) < 4.78 is 11.8. The molecule has 116 valence electrons. The lowest BCUT2D eigenvalue weighted by Crippen LogP contribution is -2.43. The standard InChI is InChI=1S/C15H20N2O3.ClH/c1-9(2)12-13(20-15(3,4)14(16)17-18)10-7-5-6-8-11(10)19-12;/h5-9,18H,1-4H3,(H2,16,17);1H. The maximum atomic E-state index is 8.85. The van der Waals surface area contributed by atoms with Crippen molar-refractivity contribution in [1.82, 2.24) is 0 Å². The van der Waals surface area contributed by atoms with Crippen molar-refractivity contribution in [2.45, 2.75) is 39.2 Å². The normalized spacial score (nSPS) is 12.5. The number of oxime groups is 1. The number of rotatable bonds is 4. The predicted octanol–water partition coefficient (Wildman–Crippen LogP) is 3.88. The van der Waals surface area contributed by atoms with Crippen LogP contribution in [-0.2, 0) is 0 Å². The van der Waals surface area contributed by atoms with Gasteiger partial charge in [-0.3, -0.25) is 0 Å². The number of para-hydroxylation sites is 1. The van der Waals surface area contributed by atoms with Crippen molar-refractivity contribution < 1.29 is 14.4 Å². The van der Waals surface area contributed by atoms with E-state index >= 15 is 0 Å². The minimum absolute atomic E-state index is 0. The van der Waals surface area contributed by atoms with E-state index in [9.17, 15) is 0 Å². The molecule has 1 aromatic heterocycles. The van der Waals surface area contributed by atoms with Crippen LogP contribution in [0.15, 0.2) is 33.8 Å². The summed E-state index contributed by atoms with van der Waals surface area (Å²) in [6.45, 7) is 7.55. The second-order valence-corrected chi connectivity index (χ2v) is 5.54. The summed E-state index contributed by atoms with van der Waals surface area (Å²) in [7, 11) is 0. The van der Waals surface area contributed by atoms with Crippen LogP contribution in [0.3, 0.4) is 0 Å². The number of benzene rings is 1. The van der Waals surface area contributed by atoms with Gasteiger partial charge in [-0.2, -0.15) is 0 Å². The van der Waals surface area contributed by atoms with Crippen LogP contribution in [0.5, 0.6) is 5.75 Å². The van der Waals surface area contributed by atoms with E-state index in [-0.39, 0.29) is 24.2 Å². The first-order valence-corrected chi connectivity index (χ1v) is 6.55. The summed E-state index contributed by atoms with van der Waals surface area (Å²) in [6, 6.07) is 7.66. The van der Waals surface area contributed by atoms with Crippen molar-refractivity contribution in [2.75, 3.05) is 0 Å². The molecule has 0 unspecified atom stereocenters. The van der Waals surface area contributed by atoms with E-state index in [0.29, 0.717) is 5.75 Å². The molecule has 0 radical (unpaired) electrons. The molecule has 2 rings (SSSR count). The quantitative estimate of drug-likeness (QED) is 0.388. The molecule has 0 saturated carbocycles. The zero-order valence-electron chi connectivity index (χ0n) is 12.6. The third-order valence-electron chi connectivity index (χ3n) is 3.18. The minimum atomic E-state index is -0.926. The summed E-state index contributed by atoms with van der Waals surface area (Å²) in [5.41, 5.74) is 5.52. The van der Waals surface area contributed by atoms with Crippen LogP contribution in [0.25, 0.3) is 11.0 Å². The van der Waals surface area contributed by atoms with E-state index in [1.54, 1.807) is 13.8 Å². The highest BCUT2D eigenvalue weighted by Crippen LogP contribution is 2.39. The Bertz CT molecular complexity index is 647. The molecule has 1 aromatic carbocycles. The number of nitrogens with two attached hydrogens (primary N) is 1. The fourth-order valence-electron chi connectivity index (χ4n) is 1.95. The number of hydrogen-bond donors (Lipinski definition) is 2. The molecule has 0 bridgehead atoms. The lowest BCUT2D eigenvalue weighted by Gasteiger charge is -2.25. The molecule has 0 saturated heterocycles. The molecule has 1 heterocycles. The predicted molar refractivity (Wildman–Crippen MR) is 85.7 cm³/mol. The molecule has 6 heteroatoms. The molecule has 0 atom stereocenters. The van der Waals surface area contributed by atoms with Gasteiger partial charge >= 0.3 is 0 Å². The van der Waals surface area contributed by atoms with Gasteiger partial charge in [-0.1, -0.05) is 31.1 Å². The SMILES string of the molecule is CC(C)c1oc2ccccc2c1OC(C)(C)C(N)=NO.Cl. The largest absolute Gasteiger partial charge is 0.475 e. The Labute approximate surface area is 130 Å². The minimum Gasteiger partial charge on any atom is -0.475 e. The smallest absolute Gasteiger partial charge is 0.182 e. The molecule has 0 amide bonds. The zero-order chi connectivity index (χ0) is 14.9. The van der Waals surface area contributed by atoms with Crippen molar-refractivity contribution in [2.24, 2.45) is 10.9 Å². The van der Waals surface area contributed by atoms with E-state index in [1.807, 2.05) is 38.1 Å². The van der Waals surface area contributed by atoms with Crippen LogP contribution in [-0.4, -0.2) is 16.6 Å². The Morgan fingerprint density at radius 2 is 1.95 bits per heavy atom. The van der Waals surface area contributed by atoms with E-state index in [0.717, 1.165) is 16.7 Å². The monoisotopic (exact) mass is 312 g/mol.